The average Bonchev–Trinajstić information content (AvgIpc) is 3.40. The molecular formula is C30H32ClF2N3O4. The molecule has 0 aromatic heterocycles. The maximum Gasteiger partial charge on any atom is 0.259 e. The van der Waals surface area contributed by atoms with Gasteiger partial charge in [-0.15, -0.1) is 0 Å². The van der Waals surface area contributed by atoms with Gasteiger partial charge in [0.05, 0.1) is 24.4 Å². The third-order valence-corrected chi connectivity index (χ3v) is 11.0. The molecule has 1 heterocycles. The molecule has 9 atom stereocenters. The van der Waals surface area contributed by atoms with Crippen molar-refractivity contribution in [3.05, 3.63) is 53.1 Å². The average molecular weight is 572 g/mol. The number of ketones is 1. The van der Waals surface area contributed by atoms with Crippen molar-refractivity contribution in [1.82, 2.24) is 4.90 Å². The maximum atomic E-state index is 17.6. The van der Waals surface area contributed by atoms with Crippen molar-refractivity contribution in [2.45, 2.75) is 56.7 Å². The number of carbonyl (C=O) groups excluding carboxylic acids is 2. The standard InChI is InChI=1S/C30H32ClF2N3O4/c1-27-9-8-20(37)13-23(27)24(32)14-22-21-12-17-16-36(19-6-4-18(31)5-7-19)40-30(17,26(39)35(3)11-10-34)28(21,2)15-25(38)29(22,27)33/h4-9,13,17,21-22,24-25,38H,11-12,14-16H2,1-3H3/t17-,21-,22-,24-,25-,27-,28-,29-,30-/m0/s1. The number of nitriles is 1. The summed E-state index contributed by atoms with van der Waals surface area (Å²) in [5.41, 5.74) is -5.60. The number of hydrogen-bond acceptors (Lipinski definition) is 6. The molecule has 0 unspecified atom stereocenters. The number of halogens is 3. The van der Waals surface area contributed by atoms with E-state index in [1.165, 1.54) is 30.2 Å². The van der Waals surface area contributed by atoms with Gasteiger partial charge in [-0.1, -0.05) is 24.6 Å². The number of aliphatic hydroxyl groups excluding tert-OH is 1. The summed E-state index contributed by atoms with van der Waals surface area (Å²) >= 11 is 6.08. The molecule has 4 fully saturated rings. The van der Waals surface area contributed by atoms with E-state index in [0.29, 0.717) is 23.7 Å². The number of rotatable bonds is 3. The van der Waals surface area contributed by atoms with Crippen LogP contribution >= 0.6 is 11.6 Å². The minimum atomic E-state index is -2.25. The van der Waals surface area contributed by atoms with Gasteiger partial charge in [0, 0.05) is 34.7 Å². The summed E-state index contributed by atoms with van der Waals surface area (Å²) in [7, 11) is 1.53. The minimum Gasteiger partial charge on any atom is -0.390 e. The van der Waals surface area contributed by atoms with Crippen molar-refractivity contribution in [3.63, 3.8) is 0 Å². The van der Waals surface area contributed by atoms with E-state index in [2.05, 4.69) is 0 Å². The quantitative estimate of drug-likeness (QED) is 0.542. The van der Waals surface area contributed by atoms with Gasteiger partial charge in [0.1, 0.15) is 12.7 Å². The third-order valence-electron chi connectivity index (χ3n) is 10.7. The van der Waals surface area contributed by atoms with Gasteiger partial charge in [0.2, 0.25) is 0 Å². The van der Waals surface area contributed by atoms with Gasteiger partial charge in [0.25, 0.3) is 5.91 Å². The molecule has 5 aliphatic rings. The molecule has 212 valence electrons. The lowest BCUT2D eigenvalue weighted by Crippen LogP contribution is -2.71. The van der Waals surface area contributed by atoms with Gasteiger partial charge in [-0.25, -0.2) is 8.78 Å². The summed E-state index contributed by atoms with van der Waals surface area (Å²) in [4.78, 5) is 34.3. The van der Waals surface area contributed by atoms with Crippen molar-refractivity contribution >= 4 is 29.0 Å². The number of carbonyl (C=O) groups is 2. The Labute approximate surface area is 237 Å². The highest BCUT2D eigenvalue weighted by Crippen LogP contribution is 2.72. The number of amides is 1. The zero-order chi connectivity index (χ0) is 28.8. The normalized spacial score (nSPS) is 43.2. The van der Waals surface area contributed by atoms with Gasteiger partial charge < -0.3 is 10.0 Å². The zero-order valence-corrected chi connectivity index (χ0v) is 23.4. The van der Waals surface area contributed by atoms with E-state index in [1.807, 2.05) is 13.0 Å². The number of alkyl halides is 2. The lowest BCUT2D eigenvalue weighted by atomic mass is 9.44. The van der Waals surface area contributed by atoms with Gasteiger partial charge >= 0.3 is 0 Å². The SMILES string of the molecule is CN(CC#N)C(=O)[C@@]12ON(c3ccc(Cl)cc3)C[C@@H]1C[C@H]1[C@@H]3C[C@H](F)C4=CC(=O)C=C[C@]4(C)[C@@]3(F)[C@@H](O)C[C@@]12C. The van der Waals surface area contributed by atoms with E-state index in [4.69, 9.17) is 16.4 Å². The molecule has 1 aromatic carbocycles. The molecule has 0 radical (unpaired) electrons. The Kier molecular flexibility index (Phi) is 6.05. The van der Waals surface area contributed by atoms with E-state index < -0.39 is 63.8 Å². The topological polar surface area (TPSA) is 93.9 Å². The molecule has 0 bridgehead atoms. The fourth-order valence-corrected chi connectivity index (χ4v) is 8.96. The Bertz CT molecular complexity index is 1380. The largest absolute Gasteiger partial charge is 0.390 e. The molecule has 6 rings (SSSR count). The van der Waals surface area contributed by atoms with Crippen molar-refractivity contribution in [1.29, 1.82) is 5.26 Å². The van der Waals surface area contributed by atoms with Crippen LogP contribution < -0.4 is 5.06 Å². The van der Waals surface area contributed by atoms with E-state index in [0.717, 1.165) is 0 Å². The predicted octanol–water partition coefficient (Wildman–Crippen LogP) is 4.36. The van der Waals surface area contributed by atoms with Crippen LogP contribution in [0.2, 0.25) is 5.02 Å². The molecule has 4 aliphatic carbocycles. The van der Waals surface area contributed by atoms with Crippen LogP contribution in [0.4, 0.5) is 14.5 Å². The summed E-state index contributed by atoms with van der Waals surface area (Å²) < 4.78 is 33.4. The highest BCUT2D eigenvalue weighted by Gasteiger charge is 2.80. The van der Waals surface area contributed by atoms with Crippen LogP contribution in [0.15, 0.2) is 48.1 Å². The van der Waals surface area contributed by atoms with Crippen molar-refractivity contribution in [2.24, 2.45) is 28.6 Å². The number of allylic oxidation sites excluding steroid dienone is 4. The number of benzene rings is 1. The molecule has 1 aliphatic heterocycles. The number of fused-ring (bicyclic) bond motifs is 7. The smallest absolute Gasteiger partial charge is 0.259 e. The summed E-state index contributed by atoms with van der Waals surface area (Å²) in [5.74, 6) is -2.65. The summed E-state index contributed by atoms with van der Waals surface area (Å²) in [6, 6.07) is 9.00. The molecule has 3 saturated carbocycles. The fourth-order valence-electron chi connectivity index (χ4n) is 8.83. The van der Waals surface area contributed by atoms with Crippen molar-refractivity contribution in [3.8, 4) is 6.07 Å². The van der Waals surface area contributed by atoms with Gasteiger partial charge in [-0.2, -0.15) is 5.26 Å². The first-order valence-corrected chi connectivity index (χ1v) is 14.0. The third kappa shape index (κ3) is 3.27. The molecule has 1 aromatic rings. The first-order valence-electron chi connectivity index (χ1n) is 13.6. The Hall–Kier alpha value is -2.80. The zero-order valence-electron chi connectivity index (χ0n) is 22.6. The van der Waals surface area contributed by atoms with Crippen molar-refractivity contribution in [2.75, 3.05) is 25.2 Å². The molecule has 10 heteroatoms. The minimum absolute atomic E-state index is 0.0595. The number of aliphatic hydroxyl groups is 1. The Balaban J connectivity index is 1.46. The van der Waals surface area contributed by atoms with Gasteiger partial charge in [-0.3, -0.25) is 19.5 Å². The van der Waals surface area contributed by atoms with Crippen molar-refractivity contribution < 1.29 is 28.3 Å². The Morgan fingerprint density at radius 1 is 1.27 bits per heavy atom. The lowest BCUT2D eigenvalue weighted by Gasteiger charge is -2.63. The Morgan fingerprint density at radius 3 is 2.65 bits per heavy atom. The maximum absolute atomic E-state index is 17.6. The number of hydroxylamine groups is 1. The fraction of sp³-hybridized carbons (Fsp3) is 0.567. The van der Waals surface area contributed by atoms with E-state index in [9.17, 15) is 20.0 Å². The summed E-state index contributed by atoms with van der Waals surface area (Å²) in [6.45, 7) is 3.54. The highest BCUT2D eigenvalue weighted by molar-refractivity contribution is 6.30. The van der Waals surface area contributed by atoms with E-state index in [-0.39, 0.29) is 25.0 Å². The van der Waals surface area contributed by atoms with Crippen LogP contribution in [0.3, 0.4) is 0 Å². The molecule has 40 heavy (non-hydrogen) atoms. The van der Waals surface area contributed by atoms with Gasteiger partial charge in [0.15, 0.2) is 17.1 Å². The van der Waals surface area contributed by atoms with Crippen LogP contribution in [0.25, 0.3) is 0 Å². The van der Waals surface area contributed by atoms with Crippen LogP contribution in [0, 0.1) is 39.9 Å². The lowest BCUT2D eigenvalue weighted by molar-refractivity contribution is -0.230. The first-order chi connectivity index (χ1) is 18.8. The molecule has 0 spiro atoms. The number of likely N-dealkylation sites (N-methyl/N-ethyl adjacent to an activating group) is 1. The second-order valence-electron chi connectivity index (χ2n) is 12.5. The number of nitrogens with zero attached hydrogens (tertiary/aromatic N) is 3. The monoisotopic (exact) mass is 571 g/mol. The Morgan fingerprint density at radius 2 is 1.98 bits per heavy atom. The highest BCUT2D eigenvalue weighted by atomic mass is 35.5. The van der Waals surface area contributed by atoms with Crippen LogP contribution in [0.1, 0.15) is 33.1 Å². The number of hydrogen-bond donors (Lipinski definition) is 1. The van der Waals surface area contributed by atoms with E-state index in [1.54, 1.807) is 36.3 Å². The van der Waals surface area contributed by atoms with Crippen LogP contribution in [0.5, 0.6) is 0 Å². The first kappa shape index (κ1) is 27.4. The second-order valence-corrected chi connectivity index (χ2v) is 12.9. The predicted molar refractivity (Wildman–Crippen MR) is 143 cm³/mol. The molecule has 7 nitrogen and oxygen atoms in total. The molecule has 1 N–H and O–H groups in total. The second kappa shape index (κ2) is 8.85. The van der Waals surface area contributed by atoms with Crippen LogP contribution in [-0.2, 0) is 14.4 Å². The molecule has 1 saturated heterocycles. The van der Waals surface area contributed by atoms with Gasteiger partial charge in [-0.05, 0) is 74.1 Å². The summed E-state index contributed by atoms with van der Waals surface area (Å²) in [5, 5.41) is 23.2. The van der Waals surface area contributed by atoms with E-state index >= 15 is 8.78 Å². The van der Waals surface area contributed by atoms with Crippen LogP contribution in [-0.4, -0.2) is 65.4 Å². The molecular weight excluding hydrogens is 540 g/mol. The molecule has 1 amide bonds. The summed E-state index contributed by atoms with van der Waals surface area (Å²) in [6.07, 6.45) is 0.759. The number of anilines is 1.